The van der Waals surface area contributed by atoms with Crippen molar-refractivity contribution >= 4 is 17.6 Å². The third kappa shape index (κ3) is 4.42. The maximum atomic E-state index is 13.3. The maximum absolute atomic E-state index is 13.3. The quantitative estimate of drug-likeness (QED) is 0.792. The van der Waals surface area contributed by atoms with E-state index in [1.807, 2.05) is 6.92 Å². The van der Waals surface area contributed by atoms with E-state index < -0.39 is 17.8 Å². The monoisotopic (exact) mass is 305 g/mol. The van der Waals surface area contributed by atoms with Crippen molar-refractivity contribution in [3.8, 4) is 0 Å². The highest BCUT2D eigenvalue weighted by Crippen LogP contribution is 2.12. The number of nitrogens with one attached hydrogen (secondary N) is 3. The second-order valence-electron chi connectivity index (χ2n) is 4.60. The van der Waals surface area contributed by atoms with Gasteiger partial charge >= 0.3 is 6.03 Å². The molecule has 22 heavy (non-hydrogen) atoms. The van der Waals surface area contributed by atoms with Crippen molar-refractivity contribution in [1.29, 1.82) is 0 Å². The van der Waals surface area contributed by atoms with Crippen LogP contribution in [0.25, 0.3) is 0 Å². The highest BCUT2D eigenvalue weighted by atomic mass is 19.1. The van der Waals surface area contributed by atoms with E-state index in [4.69, 9.17) is 4.42 Å². The Hall–Kier alpha value is -2.67. The number of carbonyl (C=O) groups is 2. The molecular formula is C15H16FN3O3. The molecule has 0 aliphatic heterocycles. The Morgan fingerprint density at radius 2 is 2.00 bits per heavy atom. The summed E-state index contributed by atoms with van der Waals surface area (Å²) in [6.07, 6.45) is 1.54. The summed E-state index contributed by atoms with van der Waals surface area (Å²) in [7, 11) is 0. The number of halogens is 1. The van der Waals surface area contributed by atoms with Gasteiger partial charge in [-0.1, -0.05) is 12.1 Å². The SMILES string of the molecule is C[C@@H](NCC(=O)NC(=O)Nc1ccccc1F)c1ccco1. The Balaban J connectivity index is 1.77. The number of benzene rings is 1. The fourth-order valence-corrected chi connectivity index (χ4v) is 1.77. The summed E-state index contributed by atoms with van der Waals surface area (Å²) in [4.78, 5) is 23.2. The molecule has 2 rings (SSSR count). The molecule has 1 aromatic heterocycles. The van der Waals surface area contributed by atoms with Crippen LogP contribution in [0.4, 0.5) is 14.9 Å². The molecule has 3 amide bonds. The fourth-order valence-electron chi connectivity index (χ4n) is 1.77. The van der Waals surface area contributed by atoms with E-state index >= 15 is 0 Å². The number of amides is 3. The molecular weight excluding hydrogens is 289 g/mol. The van der Waals surface area contributed by atoms with Gasteiger partial charge in [-0.15, -0.1) is 0 Å². The molecule has 1 heterocycles. The summed E-state index contributed by atoms with van der Waals surface area (Å²) in [6, 6.07) is 8.26. The van der Waals surface area contributed by atoms with Gasteiger partial charge in [0.25, 0.3) is 0 Å². The number of rotatable bonds is 5. The maximum Gasteiger partial charge on any atom is 0.326 e. The van der Waals surface area contributed by atoms with E-state index in [1.54, 1.807) is 18.2 Å². The molecule has 0 saturated heterocycles. The lowest BCUT2D eigenvalue weighted by atomic mass is 10.2. The van der Waals surface area contributed by atoms with Gasteiger partial charge in [0.1, 0.15) is 11.6 Å². The van der Waals surface area contributed by atoms with Crippen LogP contribution in [0.3, 0.4) is 0 Å². The van der Waals surface area contributed by atoms with Crippen LogP contribution in [0.15, 0.2) is 47.1 Å². The smallest absolute Gasteiger partial charge is 0.326 e. The topological polar surface area (TPSA) is 83.4 Å². The zero-order chi connectivity index (χ0) is 15.9. The lowest BCUT2D eigenvalue weighted by Crippen LogP contribution is -2.40. The first kappa shape index (κ1) is 15.7. The molecule has 0 saturated carbocycles. The predicted octanol–water partition coefficient (Wildman–Crippen LogP) is 2.42. The number of carbonyl (C=O) groups excluding carboxylic acids is 2. The third-order valence-electron chi connectivity index (χ3n) is 2.91. The standard InChI is InChI=1S/C15H16FN3O3/c1-10(13-7-4-8-22-13)17-9-14(20)19-15(21)18-12-6-3-2-5-11(12)16/h2-8,10,17H,9H2,1H3,(H2,18,19,20,21)/t10-/m1/s1. The lowest BCUT2D eigenvalue weighted by Gasteiger charge is -2.11. The van der Waals surface area contributed by atoms with Crippen molar-refractivity contribution in [3.05, 3.63) is 54.2 Å². The van der Waals surface area contributed by atoms with E-state index in [1.165, 1.54) is 24.5 Å². The molecule has 1 atom stereocenters. The Morgan fingerprint density at radius 1 is 1.23 bits per heavy atom. The molecule has 116 valence electrons. The number of para-hydroxylation sites is 1. The van der Waals surface area contributed by atoms with Crippen molar-refractivity contribution in [1.82, 2.24) is 10.6 Å². The minimum absolute atomic E-state index is 0.00436. The van der Waals surface area contributed by atoms with Crippen LogP contribution in [0.5, 0.6) is 0 Å². The molecule has 0 radical (unpaired) electrons. The van der Waals surface area contributed by atoms with E-state index in [0.29, 0.717) is 5.76 Å². The minimum Gasteiger partial charge on any atom is -0.468 e. The molecule has 1 aromatic carbocycles. The van der Waals surface area contributed by atoms with Crippen LogP contribution in [-0.2, 0) is 4.79 Å². The number of anilines is 1. The number of hydrogen-bond donors (Lipinski definition) is 3. The Labute approximate surface area is 126 Å². The molecule has 0 bridgehead atoms. The highest BCUT2D eigenvalue weighted by Gasteiger charge is 2.12. The van der Waals surface area contributed by atoms with E-state index in [-0.39, 0.29) is 18.3 Å². The first-order valence-corrected chi connectivity index (χ1v) is 6.68. The zero-order valence-corrected chi connectivity index (χ0v) is 11.9. The van der Waals surface area contributed by atoms with Crippen molar-refractivity contribution < 1.29 is 18.4 Å². The summed E-state index contributed by atoms with van der Waals surface area (Å²) in [6.45, 7) is 1.75. The van der Waals surface area contributed by atoms with Crippen LogP contribution < -0.4 is 16.0 Å². The van der Waals surface area contributed by atoms with Crippen LogP contribution in [0.1, 0.15) is 18.7 Å². The lowest BCUT2D eigenvalue weighted by molar-refractivity contribution is -0.119. The van der Waals surface area contributed by atoms with Crippen molar-refractivity contribution in [2.45, 2.75) is 13.0 Å². The average molecular weight is 305 g/mol. The molecule has 3 N–H and O–H groups in total. The van der Waals surface area contributed by atoms with E-state index in [9.17, 15) is 14.0 Å². The van der Waals surface area contributed by atoms with Gasteiger partial charge in [0.15, 0.2) is 0 Å². The van der Waals surface area contributed by atoms with Gasteiger partial charge < -0.3 is 9.73 Å². The Morgan fingerprint density at radius 3 is 2.68 bits per heavy atom. The second kappa shape index (κ2) is 7.37. The Bertz CT molecular complexity index is 643. The van der Waals surface area contributed by atoms with Crippen LogP contribution in [-0.4, -0.2) is 18.5 Å². The van der Waals surface area contributed by atoms with Crippen molar-refractivity contribution in [3.63, 3.8) is 0 Å². The summed E-state index contributed by atoms with van der Waals surface area (Å²) in [5.41, 5.74) is 0.00436. The number of furan rings is 1. The molecule has 6 nitrogen and oxygen atoms in total. The van der Waals surface area contributed by atoms with E-state index in [2.05, 4.69) is 16.0 Å². The fraction of sp³-hybridized carbons (Fsp3) is 0.200. The van der Waals surface area contributed by atoms with Gasteiger partial charge in [-0.05, 0) is 31.2 Å². The molecule has 2 aromatic rings. The first-order chi connectivity index (χ1) is 10.6. The highest BCUT2D eigenvalue weighted by molar-refractivity contribution is 6.01. The number of urea groups is 1. The van der Waals surface area contributed by atoms with Crippen molar-refractivity contribution in [2.75, 3.05) is 11.9 Å². The molecule has 7 heteroatoms. The van der Waals surface area contributed by atoms with Gasteiger partial charge in [-0.25, -0.2) is 9.18 Å². The first-order valence-electron chi connectivity index (χ1n) is 6.68. The zero-order valence-electron chi connectivity index (χ0n) is 11.9. The normalized spacial score (nSPS) is 11.7. The number of imide groups is 1. The molecule has 0 spiro atoms. The largest absolute Gasteiger partial charge is 0.468 e. The van der Waals surface area contributed by atoms with E-state index in [0.717, 1.165) is 0 Å². The summed E-state index contributed by atoms with van der Waals surface area (Å²) in [5, 5.41) is 7.28. The molecule has 0 unspecified atom stereocenters. The van der Waals surface area contributed by atoms with Gasteiger partial charge in [0.2, 0.25) is 5.91 Å². The van der Waals surface area contributed by atoms with Gasteiger partial charge in [-0.3, -0.25) is 15.4 Å². The minimum atomic E-state index is -0.789. The van der Waals surface area contributed by atoms with Crippen LogP contribution in [0.2, 0.25) is 0 Å². The van der Waals surface area contributed by atoms with Gasteiger partial charge in [0.05, 0.1) is 24.5 Å². The molecule has 0 fully saturated rings. The summed E-state index contributed by atoms with van der Waals surface area (Å²) >= 11 is 0. The van der Waals surface area contributed by atoms with Crippen molar-refractivity contribution in [2.24, 2.45) is 0 Å². The second-order valence-corrected chi connectivity index (χ2v) is 4.60. The predicted molar refractivity (Wildman–Crippen MR) is 78.7 cm³/mol. The Kier molecular flexibility index (Phi) is 5.26. The van der Waals surface area contributed by atoms with Gasteiger partial charge in [0, 0.05) is 0 Å². The van der Waals surface area contributed by atoms with Crippen LogP contribution >= 0.6 is 0 Å². The third-order valence-corrected chi connectivity index (χ3v) is 2.91. The summed E-state index contributed by atoms with van der Waals surface area (Å²) in [5.74, 6) is -0.425. The van der Waals surface area contributed by atoms with Crippen LogP contribution in [0, 0.1) is 5.82 Å². The molecule has 0 aliphatic carbocycles. The average Bonchev–Trinajstić information content (AvgIpc) is 3.01. The van der Waals surface area contributed by atoms with Gasteiger partial charge in [-0.2, -0.15) is 0 Å². The number of hydrogen-bond acceptors (Lipinski definition) is 4. The summed E-state index contributed by atoms with van der Waals surface area (Å²) < 4.78 is 18.5. The molecule has 0 aliphatic rings.